The van der Waals surface area contributed by atoms with E-state index in [1.165, 1.54) is 0 Å². The molecular weight excluding hydrogens is 206 g/mol. The summed E-state index contributed by atoms with van der Waals surface area (Å²) in [4.78, 5) is 5.12. The lowest BCUT2D eigenvalue weighted by molar-refractivity contribution is 0.259. The summed E-state index contributed by atoms with van der Waals surface area (Å²) >= 11 is 5.04. The molecule has 0 saturated carbocycles. The normalized spacial score (nSPS) is 12.5. The van der Waals surface area contributed by atoms with Gasteiger partial charge in [0, 0.05) is 18.5 Å². The van der Waals surface area contributed by atoms with Gasteiger partial charge in [0.1, 0.15) is 0 Å². The lowest BCUT2D eigenvalue weighted by atomic mass is 9.89. The summed E-state index contributed by atoms with van der Waals surface area (Å²) in [5.41, 5.74) is 5.66. The molecule has 0 atom stereocenters. The Kier molecular flexibility index (Phi) is 6.32. The minimum absolute atomic E-state index is 0.0261. The van der Waals surface area contributed by atoms with Gasteiger partial charge in [-0.2, -0.15) is 0 Å². The van der Waals surface area contributed by atoms with Crippen LogP contribution in [0.25, 0.3) is 0 Å². The van der Waals surface area contributed by atoms with Crippen molar-refractivity contribution in [3.05, 3.63) is 0 Å². The Labute approximate surface area is 99.6 Å². The molecule has 0 rings (SSSR count). The Morgan fingerprint density at radius 1 is 1.13 bits per heavy atom. The van der Waals surface area contributed by atoms with Crippen LogP contribution in [-0.4, -0.2) is 55.6 Å². The SMILES string of the molecule is CN(C)CCN(C)CCC(C)(C)C(N)=S. The van der Waals surface area contributed by atoms with Crippen LogP contribution in [0.5, 0.6) is 0 Å². The van der Waals surface area contributed by atoms with Gasteiger partial charge in [-0.1, -0.05) is 26.1 Å². The molecule has 0 amide bonds. The Balaban J connectivity index is 3.80. The molecule has 4 heteroatoms. The van der Waals surface area contributed by atoms with Crippen molar-refractivity contribution in [3.8, 4) is 0 Å². The van der Waals surface area contributed by atoms with Gasteiger partial charge in [-0.25, -0.2) is 0 Å². The molecule has 0 bridgehead atoms. The molecule has 0 unspecified atom stereocenters. The monoisotopic (exact) mass is 231 g/mol. The zero-order valence-corrected chi connectivity index (χ0v) is 11.5. The third kappa shape index (κ3) is 6.82. The van der Waals surface area contributed by atoms with Gasteiger partial charge in [0.15, 0.2) is 0 Å². The molecule has 2 N–H and O–H groups in total. The zero-order chi connectivity index (χ0) is 12.1. The van der Waals surface area contributed by atoms with Crippen LogP contribution < -0.4 is 5.73 Å². The van der Waals surface area contributed by atoms with E-state index in [1.807, 2.05) is 0 Å². The number of rotatable bonds is 7. The molecule has 0 aliphatic carbocycles. The first-order chi connectivity index (χ1) is 6.75. The second-order valence-corrected chi connectivity index (χ2v) is 5.54. The number of thiocarbonyl (C=S) groups is 1. The molecule has 0 aliphatic heterocycles. The Hall–Kier alpha value is -0.190. The summed E-state index contributed by atoms with van der Waals surface area (Å²) in [7, 11) is 6.32. The maximum Gasteiger partial charge on any atom is 0.0784 e. The van der Waals surface area contributed by atoms with Crippen LogP contribution in [0.2, 0.25) is 0 Å². The number of nitrogens with two attached hydrogens (primary N) is 1. The largest absolute Gasteiger partial charge is 0.393 e. The smallest absolute Gasteiger partial charge is 0.0784 e. The molecule has 0 radical (unpaired) electrons. The van der Waals surface area contributed by atoms with Crippen LogP contribution in [0.1, 0.15) is 20.3 Å². The molecule has 0 aromatic carbocycles. The standard InChI is InChI=1S/C11H25N3S/c1-11(2,10(12)15)6-7-14(5)9-8-13(3)4/h6-9H2,1-5H3,(H2,12,15). The van der Waals surface area contributed by atoms with Crippen molar-refractivity contribution in [1.82, 2.24) is 9.80 Å². The zero-order valence-electron chi connectivity index (χ0n) is 10.7. The van der Waals surface area contributed by atoms with Gasteiger partial charge in [0.05, 0.1) is 4.99 Å². The molecule has 90 valence electrons. The highest BCUT2D eigenvalue weighted by Crippen LogP contribution is 2.20. The van der Waals surface area contributed by atoms with E-state index < -0.39 is 0 Å². The van der Waals surface area contributed by atoms with E-state index in [0.29, 0.717) is 4.99 Å². The fourth-order valence-corrected chi connectivity index (χ4v) is 1.18. The molecular formula is C11H25N3S. The van der Waals surface area contributed by atoms with E-state index in [-0.39, 0.29) is 5.41 Å². The van der Waals surface area contributed by atoms with Crippen LogP contribution in [-0.2, 0) is 0 Å². The summed E-state index contributed by atoms with van der Waals surface area (Å²) in [5, 5.41) is 0. The minimum Gasteiger partial charge on any atom is -0.393 e. The average molecular weight is 231 g/mol. The van der Waals surface area contributed by atoms with E-state index in [2.05, 4.69) is 44.8 Å². The first-order valence-electron chi connectivity index (χ1n) is 5.39. The van der Waals surface area contributed by atoms with Gasteiger partial charge < -0.3 is 15.5 Å². The van der Waals surface area contributed by atoms with Gasteiger partial charge in [-0.15, -0.1) is 0 Å². The van der Waals surface area contributed by atoms with Gasteiger partial charge in [-0.3, -0.25) is 0 Å². The maximum atomic E-state index is 5.68. The van der Waals surface area contributed by atoms with Crippen molar-refractivity contribution < 1.29 is 0 Å². The molecule has 0 aromatic rings. The fraction of sp³-hybridized carbons (Fsp3) is 0.909. The van der Waals surface area contributed by atoms with Crippen molar-refractivity contribution >= 4 is 17.2 Å². The Bertz CT molecular complexity index is 202. The first-order valence-corrected chi connectivity index (χ1v) is 5.79. The summed E-state index contributed by atoms with van der Waals surface area (Å²) in [6, 6.07) is 0. The van der Waals surface area contributed by atoms with Gasteiger partial charge in [-0.05, 0) is 34.1 Å². The molecule has 3 nitrogen and oxygen atoms in total. The average Bonchev–Trinajstić information content (AvgIpc) is 2.11. The molecule has 0 aliphatic rings. The predicted molar refractivity (Wildman–Crippen MR) is 71.2 cm³/mol. The Morgan fingerprint density at radius 2 is 1.67 bits per heavy atom. The molecule has 0 fully saturated rings. The van der Waals surface area contributed by atoms with E-state index >= 15 is 0 Å². The van der Waals surface area contributed by atoms with Crippen molar-refractivity contribution in [3.63, 3.8) is 0 Å². The second-order valence-electron chi connectivity index (χ2n) is 5.10. The van der Waals surface area contributed by atoms with Gasteiger partial charge in [0.2, 0.25) is 0 Å². The number of nitrogens with zero attached hydrogens (tertiary/aromatic N) is 2. The van der Waals surface area contributed by atoms with Crippen LogP contribution in [0, 0.1) is 5.41 Å². The van der Waals surface area contributed by atoms with Crippen LogP contribution in [0.15, 0.2) is 0 Å². The third-order valence-corrected chi connectivity index (χ3v) is 3.27. The number of hydrogen-bond acceptors (Lipinski definition) is 3. The topological polar surface area (TPSA) is 32.5 Å². The molecule has 15 heavy (non-hydrogen) atoms. The maximum absolute atomic E-state index is 5.68. The van der Waals surface area contributed by atoms with E-state index in [4.69, 9.17) is 18.0 Å². The van der Waals surface area contributed by atoms with Crippen LogP contribution in [0.4, 0.5) is 0 Å². The van der Waals surface area contributed by atoms with E-state index in [0.717, 1.165) is 26.1 Å². The highest BCUT2D eigenvalue weighted by Gasteiger charge is 2.21. The highest BCUT2D eigenvalue weighted by atomic mass is 32.1. The number of likely N-dealkylation sites (N-methyl/N-ethyl adjacent to an activating group) is 2. The molecule has 0 spiro atoms. The molecule has 0 heterocycles. The van der Waals surface area contributed by atoms with Crippen molar-refractivity contribution in [2.75, 3.05) is 40.8 Å². The van der Waals surface area contributed by atoms with Crippen molar-refractivity contribution in [2.45, 2.75) is 20.3 Å². The summed E-state index contributed by atoms with van der Waals surface area (Å²) in [6.45, 7) is 7.42. The van der Waals surface area contributed by atoms with Gasteiger partial charge in [0.25, 0.3) is 0 Å². The third-order valence-electron chi connectivity index (χ3n) is 2.71. The van der Waals surface area contributed by atoms with E-state index in [1.54, 1.807) is 0 Å². The molecule has 0 aromatic heterocycles. The van der Waals surface area contributed by atoms with Crippen LogP contribution in [0.3, 0.4) is 0 Å². The number of hydrogen-bond donors (Lipinski definition) is 1. The second kappa shape index (κ2) is 6.40. The summed E-state index contributed by atoms with van der Waals surface area (Å²) < 4.78 is 0. The molecule has 0 saturated heterocycles. The Morgan fingerprint density at radius 3 is 2.07 bits per heavy atom. The van der Waals surface area contributed by atoms with Crippen molar-refractivity contribution in [1.29, 1.82) is 0 Å². The lowest BCUT2D eigenvalue weighted by Gasteiger charge is -2.27. The highest BCUT2D eigenvalue weighted by molar-refractivity contribution is 7.80. The predicted octanol–water partition coefficient (Wildman–Crippen LogP) is 1.18. The van der Waals surface area contributed by atoms with Crippen molar-refractivity contribution in [2.24, 2.45) is 11.1 Å². The minimum atomic E-state index is -0.0261. The quantitative estimate of drug-likeness (QED) is 0.667. The first kappa shape index (κ1) is 14.8. The fourth-order valence-electron chi connectivity index (χ4n) is 1.08. The van der Waals surface area contributed by atoms with E-state index in [9.17, 15) is 0 Å². The summed E-state index contributed by atoms with van der Waals surface area (Å²) in [6.07, 6.45) is 1.02. The van der Waals surface area contributed by atoms with Gasteiger partial charge >= 0.3 is 0 Å². The van der Waals surface area contributed by atoms with Crippen LogP contribution >= 0.6 is 12.2 Å². The lowest BCUT2D eigenvalue weighted by Crippen LogP contribution is -2.35. The summed E-state index contributed by atoms with van der Waals surface area (Å²) in [5.74, 6) is 0.